The van der Waals surface area contributed by atoms with Crippen molar-refractivity contribution in [2.45, 2.75) is 13.5 Å². The van der Waals surface area contributed by atoms with Crippen LogP contribution < -0.4 is 5.32 Å². The third-order valence-corrected chi connectivity index (χ3v) is 4.10. The molecule has 2 aromatic rings. The number of rotatable bonds is 3. The Balaban J connectivity index is 1.81. The fourth-order valence-electron chi connectivity index (χ4n) is 2.43. The molecule has 1 aliphatic heterocycles. The van der Waals surface area contributed by atoms with Crippen LogP contribution in [0.2, 0.25) is 0 Å². The Bertz CT molecular complexity index is 797. The molecule has 23 heavy (non-hydrogen) atoms. The van der Waals surface area contributed by atoms with E-state index in [0.717, 1.165) is 21.2 Å². The summed E-state index contributed by atoms with van der Waals surface area (Å²) in [6.45, 7) is 2.25. The fraction of sp³-hybridized carbons (Fsp3) is 0.111. The number of nitrogens with zero attached hydrogens (tertiary/aromatic N) is 1. The van der Waals surface area contributed by atoms with Gasteiger partial charge in [-0.15, -0.1) is 0 Å². The molecule has 0 aliphatic carbocycles. The van der Waals surface area contributed by atoms with Crippen LogP contribution in [0.5, 0.6) is 0 Å². The Morgan fingerprint density at radius 1 is 1.13 bits per heavy atom. The van der Waals surface area contributed by atoms with Crippen molar-refractivity contribution >= 4 is 33.9 Å². The number of hydrogen-bond acceptors (Lipinski definition) is 2. The Hall–Kier alpha value is -2.40. The lowest BCUT2D eigenvalue weighted by Gasteiger charge is -2.12. The third-order valence-electron chi connectivity index (χ3n) is 3.57. The van der Waals surface area contributed by atoms with Gasteiger partial charge < -0.3 is 5.32 Å². The summed E-state index contributed by atoms with van der Waals surface area (Å²) in [5.41, 5.74) is 3.18. The first-order valence-electron chi connectivity index (χ1n) is 7.18. The molecule has 1 aliphatic rings. The lowest BCUT2D eigenvalue weighted by atomic mass is 10.1. The predicted molar refractivity (Wildman–Crippen MR) is 92.4 cm³/mol. The highest BCUT2D eigenvalue weighted by molar-refractivity contribution is 9.10. The normalized spacial score (nSPS) is 16.1. The highest BCUT2D eigenvalue weighted by Gasteiger charge is 2.33. The van der Waals surface area contributed by atoms with Crippen LogP contribution in [0.3, 0.4) is 0 Å². The Morgan fingerprint density at radius 2 is 1.87 bits per heavy atom. The van der Waals surface area contributed by atoms with Gasteiger partial charge in [-0.3, -0.25) is 9.69 Å². The molecule has 0 spiro atoms. The van der Waals surface area contributed by atoms with Crippen LogP contribution >= 0.6 is 15.9 Å². The van der Waals surface area contributed by atoms with Gasteiger partial charge in [-0.05, 0) is 36.3 Å². The molecule has 0 saturated carbocycles. The maximum Gasteiger partial charge on any atom is 0.329 e. The molecule has 1 N–H and O–H groups in total. The van der Waals surface area contributed by atoms with E-state index < -0.39 is 0 Å². The summed E-state index contributed by atoms with van der Waals surface area (Å²) < 4.78 is 0.961. The molecule has 2 aromatic carbocycles. The number of hydrogen-bond donors (Lipinski definition) is 1. The average molecular weight is 371 g/mol. The SMILES string of the molecule is Cc1cccc(CN2C(=O)N/C(=C/c3ccc(Br)cc3)C2=O)c1. The van der Waals surface area contributed by atoms with Gasteiger partial charge in [-0.1, -0.05) is 57.9 Å². The highest BCUT2D eigenvalue weighted by atomic mass is 79.9. The summed E-state index contributed by atoms with van der Waals surface area (Å²) >= 11 is 3.37. The van der Waals surface area contributed by atoms with E-state index in [9.17, 15) is 9.59 Å². The van der Waals surface area contributed by atoms with E-state index in [0.29, 0.717) is 5.70 Å². The molecule has 0 atom stereocenters. The van der Waals surface area contributed by atoms with Gasteiger partial charge in [0.1, 0.15) is 5.70 Å². The molecule has 0 aromatic heterocycles. The molecule has 0 bridgehead atoms. The number of benzene rings is 2. The van der Waals surface area contributed by atoms with Gasteiger partial charge in [0.05, 0.1) is 6.54 Å². The molecule has 116 valence electrons. The summed E-state index contributed by atoms with van der Waals surface area (Å²) in [5.74, 6) is -0.306. The minimum absolute atomic E-state index is 0.268. The number of aryl methyl sites for hydroxylation is 1. The summed E-state index contributed by atoms with van der Waals surface area (Å²) in [7, 11) is 0. The maximum atomic E-state index is 12.4. The van der Waals surface area contributed by atoms with Crippen LogP contribution in [0.4, 0.5) is 4.79 Å². The summed E-state index contributed by atoms with van der Waals surface area (Å²) in [6, 6.07) is 14.9. The number of urea groups is 1. The molecule has 1 fully saturated rings. The second-order valence-corrected chi connectivity index (χ2v) is 6.34. The van der Waals surface area contributed by atoms with Crippen molar-refractivity contribution in [3.8, 4) is 0 Å². The smallest absolute Gasteiger partial charge is 0.303 e. The maximum absolute atomic E-state index is 12.4. The van der Waals surface area contributed by atoms with Crippen molar-refractivity contribution in [2.24, 2.45) is 0 Å². The van der Waals surface area contributed by atoms with Crippen LogP contribution in [0.25, 0.3) is 6.08 Å². The number of carbonyl (C=O) groups excluding carboxylic acids is 2. The van der Waals surface area contributed by atoms with Gasteiger partial charge >= 0.3 is 6.03 Å². The van der Waals surface area contributed by atoms with Gasteiger partial charge in [0.15, 0.2) is 0 Å². The lowest BCUT2D eigenvalue weighted by molar-refractivity contribution is -0.123. The molecule has 0 radical (unpaired) electrons. The first kappa shape index (κ1) is 15.5. The van der Waals surface area contributed by atoms with E-state index in [1.807, 2.05) is 55.5 Å². The summed E-state index contributed by atoms with van der Waals surface area (Å²) in [4.78, 5) is 25.7. The van der Waals surface area contributed by atoms with Crippen molar-refractivity contribution in [2.75, 3.05) is 0 Å². The van der Waals surface area contributed by atoms with Gasteiger partial charge in [0.2, 0.25) is 0 Å². The largest absolute Gasteiger partial charge is 0.329 e. The summed E-state index contributed by atoms with van der Waals surface area (Å²) in [6.07, 6.45) is 1.68. The molecule has 1 heterocycles. The Kier molecular flexibility index (Phi) is 4.30. The number of nitrogens with one attached hydrogen (secondary N) is 1. The third kappa shape index (κ3) is 3.51. The molecule has 3 rings (SSSR count). The molecule has 4 nitrogen and oxygen atoms in total. The van der Waals surface area contributed by atoms with E-state index >= 15 is 0 Å². The highest BCUT2D eigenvalue weighted by Crippen LogP contribution is 2.18. The average Bonchev–Trinajstić information content (AvgIpc) is 2.77. The predicted octanol–water partition coefficient (Wildman–Crippen LogP) is 3.85. The molecule has 1 saturated heterocycles. The second kappa shape index (κ2) is 6.38. The van der Waals surface area contributed by atoms with Crippen LogP contribution in [-0.4, -0.2) is 16.8 Å². The van der Waals surface area contributed by atoms with Gasteiger partial charge in [0.25, 0.3) is 5.91 Å². The number of amides is 3. The van der Waals surface area contributed by atoms with Crippen LogP contribution in [0, 0.1) is 6.92 Å². The molecular weight excluding hydrogens is 356 g/mol. The van der Waals surface area contributed by atoms with Gasteiger partial charge in [-0.2, -0.15) is 0 Å². The van der Waals surface area contributed by atoms with Crippen LogP contribution in [-0.2, 0) is 11.3 Å². The van der Waals surface area contributed by atoms with Crippen molar-refractivity contribution in [1.82, 2.24) is 10.2 Å². The lowest BCUT2D eigenvalue weighted by Crippen LogP contribution is -2.30. The monoisotopic (exact) mass is 370 g/mol. The van der Waals surface area contributed by atoms with E-state index in [1.165, 1.54) is 4.90 Å². The minimum Gasteiger partial charge on any atom is -0.303 e. The van der Waals surface area contributed by atoms with Gasteiger partial charge in [-0.25, -0.2) is 4.79 Å². The topological polar surface area (TPSA) is 49.4 Å². The Labute approximate surface area is 142 Å². The Morgan fingerprint density at radius 3 is 2.57 bits per heavy atom. The van der Waals surface area contributed by atoms with E-state index in [2.05, 4.69) is 21.2 Å². The molecular formula is C18H15BrN2O2. The zero-order valence-electron chi connectivity index (χ0n) is 12.5. The minimum atomic E-state index is -0.389. The van der Waals surface area contributed by atoms with E-state index in [1.54, 1.807) is 6.08 Å². The van der Waals surface area contributed by atoms with E-state index in [4.69, 9.17) is 0 Å². The van der Waals surface area contributed by atoms with Crippen molar-refractivity contribution < 1.29 is 9.59 Å². The first-order valence-corrected chi connectivity index (χ1v) is 7.98. The number of imide groups is 1. The zero-order valence-corrected chi connectivity index (χ0v) is 14.1. The van der Waals surface area contributed by atoms with Crippen LogP contribution in [0.1, 0.15) is 16.7 Å². The summed E-state index contributed by atoms with van der Waals surface area (Å²) in [5, 5.41) is 2.64. The number of carbonyl (C=O) groups is 2. The van der Waals surface area contributed by atoms with Crippen LogP contribution in [0.15, 0.2) is 58.7 Å². The number of halogens is 1. The van der Waals surface area contributed by atoms with Gasteiger partial charge in [0, 0.05) is 4.47 Å². The fourth-order valence-corrected chi connectivity index (χ4v) is 2.70. The second-order valence-electron chi connectivity index (χ2n) is 5.42. The zero-order chi connectivity index (χ0) is 16.4. The molecule has 3 amide bonds. The quantitative estimate of drug-likeness (QED) is 0.658. The van der Waals surface area contributed by atoms with Crippen molar-refractivity contribution in [3.63, 3.8) is 0 Å². The standard InChI is InChI=1S/C18H15BrN2O2/c1-12-3-2-4-14(9-12)11-21-17(22)16(20-18(21)23)10-13-5-7-15(19)8-6-13/h2-10H,11H2,1H3,(H,20,23)/b16-10+. The van der Waals surface area contributed by atoms with E-state index in [-0.39, 0.29) is 18.5 Å². The van der Waals surface area contributed by atoms with Crippen molar-refractivity contribution in [1.29, 1.82) is 0 Å². The van der Waals surface area contributed by atoms with Crippen molar-refractivity contribution in [3.05, 3.63) is 75.4 Å². The molecule has 5 heteroatoms. The molecule has 0 unspecified atom stereocenters. The first-order chi connectivity index (χ1) is 11.0.